The van der Waals surface area contributed by atoms with Crippen molar-refractivity contribution >= 4 is 19.8 Å². The Hall–Kier alpha value is 0.434. The molecule has 2 heteroatoms. The van der Waals surface area contributed by atoms with Crippen LogP contribution in [0, 0.1) is 0 Å². The van der Waals surface area contributed by atoms with Crippen LogP contribution in [0.1, 0.15) is 110 Å². The lowest BCUT2D eigenvalue weighted by Crippen LogP contribution is -1.88. The summed E-state index contributed by atoms with van der Waals surface area (Å²) in [6.07, 6.45) is 23.9. The molecule has 0 nitrogen and oxygen atoms in total. The van der Waals surface area contributed by atoms with Crippen molar-refractivity contribution in [3.8, 4) is 0 Å². The minimum Gasteiger partial charge on any atom is -0.0749 e. The molecule has 128 valence electrons. The minimum atomic E-state index is 0.419. The van der Waals surface area contributed by atoms with Gasteiger partial charge in [-0.05, 0) is 10.2 Å². The van der Waals surface area contributed by atoms with Crippen LogP contribution in [0.2, 0.25) is 11.7 Å². The van der Waals surface area contributed by atoms with Gasteiger partial charge in [0, 0.05) is 9.52 Å². The number of hydrogen-bond donors (Lipinski definition) is 0. The monoisotopic (exact) mass is 328 g/mol. The first-order valence-electron chi connectivity index (χ1n) is 10.4. The highest BCUT2D eigenvalue weighted by Gasteiger charge is 1.94. The molecule has 0 aliphatic carbocycles. The molecule has 21 heavy (non-hydrogen) atoms. The molecule has 0 bridgehead atoms. The molecule has 0 aliphatic heterocycles. The molecule has 0 radical (unpaired) electrons. The largest absolute Gasteiger partial charge is 0.0749 e. The summed E-state index contributed by atoms with van der Waals surface area (Å²) in [6.45, 7) is 2.30. The van der Waals surface area contributed by atoms with Crippen molar-refractivity contribution in [1.29, 1.82) is 0 Å². The zero-order chi connectivity index (χ0) is 15.4. The molecule has 0 unspecified atom stereocenters. The molecule has 0 aromatic heterocycles. The summed E-state index contributed by atoms with van der Waals surface area (Å²) in [5, 5.41) is 0. The van der Waals surface area contributed by atoms with Crippen molar-refractivity contribution in [2.75, 3.05) is 0 Å². The summed E-state index contributed by atoms with van der Waals surface area (Å²) in [4.78, 5) is 0. The van der Waals surface area contributed by atoms with Gasteiger partial charge in [0.1, 0.15) is 0 Å². The molecule has 0 saturated carbocycles. The fourth-order valence-electron chi connectivity index (χ4n) is 3.15. The standard InChI is InChI=1S/C19H44Si2/c1-2-3-4-5-6-7-8-9-10-11-12-13-14-15-16-17-18-21-19-20/h2-19,21H2,1,20H3. The van der Waals surface area contributed by atoms with Crippen molar-refractivity contribution in [2.24, 2.45) is 0 Å². The molecule has 0 fully saturated rings. The van der Waals surface area contributed by atoms with Crippen molar-refractivity contribution in [3.63, 3.8) is 0 Å². The Morgan fingerprint density at radius 3 is 1.19 bits per heavy atom. The Morgan fingerprint density at radius 2 is 0.857 bits per heavy atom. The number of hydrogen-bond acceptors (Lipinski definition) is 0. The molecule has 0 rings (SSSR count). The zero-order valence-electron chi connectivity index (χ0n) is 15.4. The third-order valence-electron chi connectivity index (χ3n) is 4.71. The van der Waals surface area contributed by atoms with Gasteiger partial charge in [0.25, 0.3) is 0 Å². The highest BCUT2D eigenvalue weighted by Crippen LogP contribution is 2.13. The third-order valence-corrected chi connectivity index (χ3v) is 8.54. The average molecular weight is 329 g/mol. The van der Waals surface area contributed by atoms with E-state index in [4.69, 9.17) is 0 Å². The van der Waals surface area contributed by atoms with Gasteiger partial charge in [-0.15, -0.1) is 0 Å². The summed E-state index contributed by atoms with van der Waals surface area (Å²) in [5.74, 6) is 0. The first-order valence-corrected chi connectivity index (χ1v) is 13.8. The fraction of sp³-hybridized carbons (Fsp3) is 1.00. The topological polar surface area (TPSA) is 0 Å². The predicted molar refractivity (Wildman–Crippen MR) is 108 cm³/mol. The van der Waals surface area contributed by atoms with Crippen molar-refractivity contribution in [2.45, 2.75) is 121 Å². The minimum absolute atomic E-state index is 0.419. The van der Waals surface area contributed by atoms with E-state index in [1.54, 1.807) is 18.1 Å². The van der Waals surface area contributed by atoms with Crippen LogP contribution in [0.15, 0.2) is 0 Å². The highest BCUT2D eigenvalue weighted by molar-refractivity contribution is 6.46. The molecule has 0 aromatic carbocycles. The average Bonchev–Trinajstić information content (AvgIpc) is 2.50. The fourth-order valence-corrected chi connectivity index (χ4v) is 5.86. The molecule has 0 aliphatic rings. The van der Waals surface area contributed by atoms with E-state index in [0.717, 1.165) is 0 Å². The quantitative estimate of drug-likeness (QED) is 0.228. The van der Waals surface area contributed by atoms with Gasteiger partial charge in [-0.1, -0.05) is 121 Å². The maximum Gasteiger partial charge on any atom is 0.0163 e. The molecule has 0 heterocycles. The van der Waals surface area contributed by atoms with Gasteiger partial charge in [0.05, 0.1) is 0 Å². The smallest absolute Gasteiger partial charge is 0.0163 e. The summed E-state index contributed by atoms with van der Waals surface area (Å²) in [5.41, 5.74) is 1.65. The Kier molecular flexibility index (Phi) is 20.9. The predicted octanol–water partition coefficient (Wildman–Crippen LogP) is 5.58. The van der Waals surface area contributed by atoms with E-state index < -0.39 is 0 Å². The molecule has 0 amide bonds. The molecular weight excluding hydrogens is 284 g/mol. The van der Waals surface area contributed by atoms with E-state index in [1.165, 1.54) is 107 Å². The van der Waals surface area contributed by atoms with Crippen LogP contribution < -0.4 is 0 Å². The summed E-state index contributed by atoms with van der Waals surface area (Å²) in [7, 11) is 1.89. The van der Waals surface area contributed by atoms with Crippen LogP contribution in [-0.2, 0) is 0 Å². The summed E-state index contributed by atoms with van der Waals surface area (Å²) >= 11 is 0. The number of rotatable bonds is 18. The van der Waals surface area contributed by atoms with Crippen molar-refractivity contribution in [1.82, 2.24) is 0 Å². The van der Waals surface area contributed by atoms with Gasteiger partial charge in [0.15, 0.2) is 0 Å². The summed E-state index contributed by atoms with van der Waals surface area (Å²) < 4.78 is 0. The normalized spacial score (nSPS) is 11.9. The Bertz CT molecular complexity index is 153. The highest BCUT2D eigenvalue weighted by atomic mass is 28.2. The Balaban J connectivity index is 2.90. The van der Waals surface area contributed by atoms with Crippen LogP contribution >= 0.6 is 0 Å². The number of unbranched alkanes of at least 4 members (excludes halogenated alkanes) is 15. The van der Waals surface area contributed by atoms with Crippen molar-refractivity contribution < 1.29 is 0 Å². The lowest BCUT2D eigenvalue weighted by molar-refractivity contribution is 0.531. The van der Waals surface area contributed by atoms with E-state index in [1.807, 2.05) is 0 Å². The third kappa shape index (κ3) is 20.4. The van der Waals surface area contributed by atoms with Crippen LogP contribution in [0.25, 0.3) is 0 Å². The van der Waals surface area contributed by atoms with Gasteiger partial charge in [0.2, 0.25) is 0 Å². The van der Waals surface area contributed by atoms with E-state index in [0.29, 0.717) is 9.52 Å². The van der Waals surface area contributed by atoms with Crippen LogP contribution in [0.4, 0.5) is 0 Å². The van der Waals surface area contributed by atoms with Crippen LogP contribution in [0.3, 0.4) is 0 Å². The van der Waals surface area contributed by atoms with E-state index >= 15 is 0 Å². The molecule has 0 saturated heterocycles. The molecule has 0 atom stereocenters. The zero-order valence-corrected chi connectivity index (χ0v) is 18.8. The van der Waals surface area contributed by atoms with Gasteiger partial charge in [-0.2, -0.15) is 0 Å². The van der Waals surface area contributed by atoms with Gasteiger partial charge in [-0.25, -0.2) is 0 Å². The second kappa shape index (κ2) is 20.4. The van der Waals surface area contributed by atoms with Crippen LogP contribution in [-0.4, -0.2) is 19.8 Å². The van der Waals surface area contributed by atoms with Gasteiger partial charge >= 0.3 is 0 Å². The summed E-state index contributed by atoms with van der Waals surface area (Å²) in [6, 6.07) is 1.64. The van der Waals surface area contributed by atoms with Crippen molar-refractivity contribution in [3.05, 3.63) is 0 Å². The van der Waals surface area contributed by atoms with E-state index in [2.05, 4.69) is 6.92 Å². The second-order valence-corrected chi connectivity index (χ2v) is 12.4. The maximum atomic E-state index is 2.30. The first kappa shape index (κ1) is 21.4. The lowest BCUT2D eigenvalue weighted by atomic mass is 10.0. The first-order chi connectivity index (χ1) is 10.4. The molecule has 0 aromatic rings. The second-order valence-electron chi connectivity index (χ2n) is 7.01. The molecule has 0 spiro atoms. The Labute approximate surface area is 141 Å². The van der Waals surface area contributed by atoms with E-state index in [-0.39, 0.29) is 0 Å². The molecular formula is C19H44Si2. The van der Waals surface area contributed by atoms with E-state index in [9.17, 15) is 0 Å². The van der Waals surface area contributed by atoms with Gasteiger partial charge < -0.3 is 0 Å². The van der Waals surface area contributed by atoms with Crippen LogP contribution in [0.5, 0.6) is 0 Å². The lowest BCUT2D eigenvalue weighted by Gasteiger charge is -2.03. The van der Waals surface area contributed by atoms with Gasteiger partial charge in [-0.3, -0.25) is 0 Å². The maximum absolute atomic E-state index is 2.30. The Morgan fingerprint density at radius 1 is 0.524 bits per heavy atom. The molecule has 0 N–H and O–H groups in total. The SMILES string of the molecule is CCCCCCCCCCCCCCCCCC[SiH2]C[SiH3].